The molecule has 1 aromatic heterocycles. The van der Waals surface area contributed by atoms with Crippen LogP contribution in [0.1, 0.15) is 36.5 Å². The van der Waals surface area contributed by atoms with E-state index in [4.69, 9.17) is 0 Å². The fraction of sp³-hybridized carbons (Fsp3) is 0.417. The van der Waals surface area contributed by atoms with Crippen LogP contribution >= 0.6 is 0 Å². The van der Waals surface area contributed by atoms with Crippen molar-refractivity contribution in [1.82, 2.24) is 18.8 Å². The van der Waals surface area contributed by atoms with Crippen LogP contribution in [0.15, 0.2) is 61.2 Å². The zero-order chi connectivity index (χ0) is 22.6. The molecular formula is C24H30N4O3S. The van der Waals surface area contributed by atoms with Gasteiger partial charge in [0.2, 0.25) is 10.0 Å². The van der Waals surface area contributed by atoms with Gasteiger partial charge < -0.3 is 9.47 Å². The van der Waals surface area contributed by atoms with Crippen molar-refractivity contribution in [2.45, 2.75) is 38.8 Å². The molecular weight excluding hydrogens is 424 g/mol. The molecule has 0 N–H and O–H groups in total. The molecule has 2 heterocycles. The fourth-order valence-corrected chi connectivity index (χ4v) is 6.07. The molecule has 1 unspecified atom stereocenters. The first-order valence-corrected chi connectivity index (χ1v) is 12.8. The molecule has 0 aliphatic carbocycles. The predicted octanol–water partition coefficient (Wildman–Crippen LogP) is 3.38. The number of aromatic nitrogens is 2. The van der Waals surface area contributed by atoms with Crippen LogP contribution in [0.2, 0.25) is 0 Å². The summed E-state index contributed by atoms with van der Waals surface area (Å²) in [5, 5.41) is 1.96. The molecule has 1 atom stereocenters. The summed E-state index contributed by atoms with van der Waals surface area (Å²) in [5.74, 6) is 0.00208. The molecule has 8 heteroatoms. The van der Waals surface area contributed by atoms with Crippen molar-refractivity contribution in [2.75, 3.05) is 25.4 Å². The van der Waals surface area contributed by atoms with Crippen molar-refractivity contribution in [3.63, 3.8) is 0 Å². The number of hydrogen-bond donors (Lipinski definition) is 0. The third-order valence-corrected chi connectivity index (χ3v) is 8.04. The highest BCUT2D eigenvalue weighted by Crippen LogP contribution is 2.24. The zero-order valence-corrected chi connectivity index (χ0v) is 19.2. The SMILES string of the molecule is CCCCC1CN(C(=O)c2cccc3ccccc23)CCN1S(=O)(=O)CCn1ccnc1. The van der Waals surface area contributed by atoms with E-state index in [0.717, 1.165) is 30.0 Å². The Morgan fingerprint density at radius 3 is 2.72 bits per heavy atom. The summed E-state index contributed by atoms with van der Waals surface area (Å²) < 4.78 is 29.7. The first-order chi connectivity index (χ1) is 15.5. The molecule has 3 aromatic rings. The van der Waals surface area contributed by atoms with E-state index in [1.807, 2.05) is 47.4 Å². The highest BCUT2D eigenvalue weighted by atomic mass is 32.2. The Labute approximate surface area is 189 Å². The van der Waals surface area contributed by atoms with Crippen molar-refractivity contribution in [1.29, 1.82) is 0 Å². The van der Waals surface area contributed by atoms with Gasteiger partial charge in [0.1, 0.15) is 0 Å². The number of aryl methyl sites for hydroxylation is 1. The van der Waals surface area contributed by atoms with Gasteiger partial charge in [-0.15, -0.1) is 0 Å². The quantitative estimate of drug-likeness (QED) is 0.523. The first-order valence-electron chi connectivity index (χ1n) is 11.2. The van der Waals surface area contributed by atoms with Gasteiger partial charge in [0, 0.05) is 50.2 Å². The van der Waals surface area contributed by atoms with Crippen LogP contribution in [0.5, 0.6) is 0 Å². The van der Waals surface area contributed by atoms with Gasteiger partial charge in [0.05, 0.1) is 12.1 Å². The lowest BCUT2D eigenvalue weighted by atomic mass is 10.0. The summed E-state index contributed by atoms with van der Waals surface area (Å²) in [6.45, 7) is 3.62. The number of piperazine rings is 1. The maximum Gasteiger partial charge on any atom is 0.254 e. The van der Waals surface area contributed by atoms with Crippen molar-refractivity contribution in [3.8, 4) is 0 Å². The number of unbranched alkanes of at least 4 members (excludes halogenated alkanes) is 1. The van der Waals surface area contributed by atoms with E-state index in [0.29, 0.717) is 31.7 Å². The molecule has 1 aliphatic heterocycles. The Morgan fingerprint density at radius 2 is 1.94 bits per heavy atom. The second-order valence-corrected chi connectivity index (χ2v) is 10.3. The number of sulfonamides is 1. The average Bonchev–Trinajstić information content (AvgIpc) is 3.34. The second-order valence-electron chi connectivity index (χ2n) is 8.30. The predicted molar refractivity (Wildman–Crippen MR) is 126 cm³/mol. The smallest absolute Gasteiger partial charge is 0.254 e. The highest BCUT2D eigenvalue weighted by Gasteiger charge is 2.36. The zero-order valence-electron chi connectivity index (χ0n) is 18.4. The van der Waals surface area contributed by atoms with Crippen LogP contribution in [-0.4, -0.2) is 64.5 Å². The van der Waals surface area contributed by atoms with Gasteiger partial charge in [-0.3, -0.25) is 4.79 Å². The van der Waals surface area contributed by atoms with Gasteiger partial charge >= 0.3 is 0 Å². The third kappa shape index (κ3) is 4.86. The lowest BCUT2D eigenvalue weighted by molar-refractivity contribution is 0.0620. The highest BCUT2D eigenvalue weighted by molar-refractivity contribution is 7.89. The van der Waals surface area contributed by atoms with E-state index in [-0.39, 0.29) is 17.7 Å². The maximum absolute atomic E-state index is 13.4. The number of nitrogens with zero attached hydrogens (tertiary/aromatic N) is 4. The molecule has 2 aromatic carbocycles. The van der Waals surface area contributed by atoms with Crippen molar-refractivity contribution in [2.24, 2.45) is 0 Å². The van der Waals surface area contributed by atoms with Gasteiger partial charge in [-0.1, -0.05) is 56.2 Å². The number of carbonyl (C=O) groups excluding carboxylic acids is 1. The molecule has 7 nitrogen and oxygen atoms in total. The second kappa shape index (κ2) is 9.83. The minimum absolute atomic E-state index is 0.0289. The lowest BCUT2D eigenvalue weighted by Gasteiger charge is -2.41. The number of amides is 1. The van der Waals surface area contributed by atoms with Gasteiger partial charge in [-0.25, -0.2) is 13.4 Å². The van der Waals surface area contributed by atoms with Crippen LogP contribution in [-0.2, 0) is 16.6 Å². The van der Waals surface area contributed by atoms with Crippen LogP contribution < -0.4 is 0 Å². The number of imidazole rings is 1. The molecule has 0 bridgehead atoms. The minimum atomic E-state index is -3.44. The Bertz CT molecular complexity index is 1160. The molecule has 0 spiro atoms. The minimum Gasteiger partial charge on any atom is -0.336 e. The Morgan fingerprint density at radius 1 is 1.12 bits per heavy atom. The summed E-state index contributed by atoms with van der Waals surface area (Å²) in [4.78, 5) is 19.2. The average molecular weight is 455 g/mol. The molecule has 32 heavy (non-hydrogen) atoms. The van der Waals surface area contributed by atoms with Crippen molar-refractivity contribution >= 4 is 26.7 Å². The number of carbonyl (C=O) groups is 1. The van der Waals surface area contributed by atoms with E-state index in [9.17, 15) is 13.2 Å². The Kier molecular flexibility index (Phi) is 6.91. The number of rotatable bonds is 8. The largest absolute Gasteiger partial charge is 0.336 e. The molecule has 170 valence electrons. The molecule has 1 amide bonds. The van der Waals surface area contributed by atoms with E-state index in [2.05, 4.69) is 11.9 Å². The first kappa shape index (κ1) is 22.5. The van der Waals surface area contributed by atoms with Gasteiger partial charge in [0.25, 0.3) is 5.91 Å². The molecule has 1 aliphatic rings. The summed E-state index contributed by atoms with van der Waals surface area (Å²) in [6, 6.07) is 13.4. The third-order valence-electron chi connectivity index (χ3n) is 6.15. The number of fused-ring (bicyclic) bond motifs is 1. The number of hydrogen-bond acceptors (Lipinski definition) is 4. The van der Waals surface area contributed by atoms with E-state index in [1.54, 1.807) is 27.6 Å². The summed E-state index contributed by atoms with van der Waals surface area (Å²) in [5.41, 5.74) is 0.675. The van der Waals surface area contributed by atoms with Crippen molar-refractivity contribution in [3.05, 3.63) is 66.7 Å². The fourth-order valence-electron chi connectivity index (χ4n) is 4.40. The van der Waals surface area contributed by atoms with Gasteiger partial charge in [-0.2, -0.15) is 4.31 Å². The summed E-state index contributed by atoms with van der Waals surface area (Å²) >= 11 is 0. The Balaban J connectivity index is 1.52. The van der Waals surface area contributed by atoms with Gasteiger partial charge in [-0.05, 0) is 23.3 Å². The Hall–Kier alpha value is -2.71. The van der Waals surface area contributed by atoms with Crippen molar-refractivity contribution < 1.29 is 13.2 Å². The van der Waals surface area contributed by atoms with Crippen LogP contribution in [0.3, 0.4) is 0 Å². The summed E-state index contributed by atoms with van der Waals surface area (Å²) in [7, 11) is -3.44. The van der Waals surface area contributed by atoms with E-state index >= 15 is 0 Å². The standard InChI is InChI=1S/C24H30N4O3S/c1-2-3-9-21-18-27(24(29)23-11-6-8-20-7-4-5-10-22(20)23)14-15-28(21)32(30,31)17-16-26-13-12-25-19-26/h4-8,10-13,19,21H,2-3,9,14-18H2,1H3. The monoisotopic (exact) mass is 454 g/mol. The normalized spacial score (nSPS) is 17.7. The summed E-state index contributed by atoms with van der Waals surface area (Å²) in [6.07, 6.45) is 7.70. The molecule has 1 fully saturated rings. The maximum atomic E-state index is 13.4. The number of benzene rings is 2. The topological polar surface area (TPSA) is 75.5 Å². The van der Waals surface area contributed by atoms with E-state index < -0.39 is 10.0 Å². The lowest BCUT2D eigenvalue weighted by Crippen LogP contribution is -2.57. The molecule has 0 saturated carbocycles. The van der Waals surface area contributed by atoms with E-state index in [1.165, 1.54) is 0 Å². The molecule has 4 rings (SSSR count). The van der Waals surface area contributed by atoms with Crippen LogP contribution in [0.4, 0.5) is 0 Å². The van der Waals surface area contributed by atoms with Crippen LogP contribution in [0.25, 0.3) is 10.8 Å². The van der Waals surface area contributed by atoms with Crippen LogP contribution in [0, 0.1) is 0 Å². The molecule has 0 radical (unpaired) electrons. The molecule has 1 saturated heterocycles. The van der Waals surface area contributed by atoms with Gasteiger partial charge in [0.15, 0.2) is 0 Å².